The van der Waals surface area contributed by atoms with Crippen molar-refractivity contribution in [1.82, 2.24) is 0 Å². The first-order chi connectivity index (χ1) is 9.58. The highest BCUT2D eigenvalue weighted by Crippen LogP contribution is 2.36. The number of thioether (sulfide) groups is 1. The second-order valence-electron chi connectivity index (χ2n) is 4.92. The summed E-state index contributed by atoms with van der Waals surface area (Å²) in [5.41, 5.74) is -0.411. The molecule has 1 spiro atoms. The van der Waals surface area contributed by atoms with Gasteiger partial charge in [-0.1, -0.05) is 11.8 Å². The van der Waals surface area contributed by atoms with E-state index in [4.69, 9.17) is 4.74 Å². The normalized spacial score (nSPS) is 21.1. The third-order valence-corrected chi connectivity index (χ3v) is 4.62. The molecule has 7 heteroatoms. The number of anilines is 1. The largest absolute Gasteiger partial charge is 0.381 e. The summed E-state index contributed by atoms with van der Waals surface area (Å²) in [5, 5.41) is 3.18. The van der Waals surface area contributed by atoms with Crippen LogP contribution in [0.3, 0.4) is 0 Å². The topological polar surface area (TPSA) is 33.6 Å². The molecular formula is C13H13F3N2OS. The van der Waals surface area contributed by atoms with Crippen LogP contribution in [0.5, 0.6) is 0 Å². The van der Waals surface area contributed by atoms with E-state index in [1.54, 1.807) is 0 Å². The minimum absolute atomic E-state index is 0.187. The summed E-state index contributed by atoms with van der Waals surface area (Å²) in [7, 11) is 0. The minimum atomic E-state index is -1.21. The standard InChI is InChI=1S/C13H13F3N2OS/c14-8-5-9(15)11(16)10(6-8)17-12-18-13(7-20-12)1-3-19-4-2-13/h5-6H,1-4,7H2,(H,17,18). The fourth-order valence-electron chi connectivity index (χ4n) is 2.32. The number of ether oxygens (including phenoxy) is 1. The van der Waals surface area contributed by atoms with Crippen LogP contribution < -0.4 is 5.32 Å². The molecule has 1 fully saturated rings. The van der Waals surface area contributed by atoms with Gasteiger partial charge >= 0.3 is 0 Å². The van der Waals surface area contributed by atoms with Gasteiger partial charge in [-0.15, -0.1) is 0 Å². The number of hydrogen-bond acceptors (Lipinski definition) is 4. The van der Waals surface area contributed by atoms with E-state index in [2.05, 4.69) is 10.3 Å². The first kappa shape index (κ1) is 13.8. The molecule has 0 radical (unpaired) electrons. The van der Waals surface area contributed by atoms with Gasteiger partial charge in [-0.2, -0.15) is 0 Å². The maximum atomic E-state index is 13.6. The molecular weight excluding hydrogens is 289 g/mol. The van der Waals surface area contributed by atoms with Gasteiger partial charge in [0.15, 0.2) is 16.8 Å². The lowest BCUT2D eigenvalue weighted by molar-refractivity contribution is 0.0624. The first-order valence-electron chi connectivity index (χ1n) is 6.30. The first-order valence-corrected chi connectivity index (χ1v) is 7.29. The van der Waals surface area contributed by atoms with Crippen molar-refractivity contribution in [1.29, 1.82) is 0 Å². The second-order valence-corrected chi connectivity index (χ2v) is 5.88. The van der Waals surface area contributed by atoms with Gasteiger partial charge in [-0.3, -0.25) is 4.99 Å². The molecule has 20 heavy (non-hydrogen) atoms. The zero-order valence-electron chi connectivity index (χ0n) is 10.6. The summed E-state index contributed by atoms with van der Waals surface area (Å²) in [6.07, 6.45) is 1.62. The predicted molar refractivity (Wildman–Crippen MR) is 72.6 cm³/mol. The molecule has 0 aliphatic carbocycles. The van der Waals surface area contributed by atoms with E-state index >= 15 is 0 Å². The number of aliphatic imine (C=N–C) groups is 1. The summed E-state index contributed by atoms with van der Waals surface area (Å²) in [5.74, 6) is -2.35. The Kier molecular flexibility index (Phi) is 3.64. The molecule has 2 heterocycles. The zero-order valence-corrected chi connectivity index (χ0v) is 11.4. The van der Waals surface area contributed by atoms with Gasteiger partial charge in [0, 0.05) is 31.1 Å². The molecule has 1 aromatic carbocycles. The van der Waals surface area contributed by atoms with Gasteiger partial charge in [0.2, 0.25) is 0 Å². The van der Waals surface area contributed by atoms with Crippen LogP contribution in [0.25, 0.3) is 0 Å². The van der Waals surface area contributed by atoms with E-state index in [-0.39, 0.29) is 11.2 Å². The van der Waals surface area contributed by atoms with Crippen LogP contribution >= 0.6 is 11.8 Å². The van der Waals surface area contributed by atoms with Crippen molar-refractivity contribution in [3.8, 4) is 0 Å². The fraction of sp³-hybridized carbons (Fsp3) is 0.462. The molecule has 3 rings (SSSR count). The predicted octanol–water partition coefficient (Wildman–Crippen LogP) is 3.17. The number of nitrogens with one attached hydrogen (secondary N) is 1. The van der Waals surface area contributed by atoms with Crippen molar-refractivity contribution in [3.05, 3.63) is 29.6 Å². The van der Waals surface area contributed by atoms with Crippen LogP contribution in [0, 0.1) is 17.5 Å². The summed E-state index contributed by atoms with van der Waals surface area (Å²) in [6, 6.07) is 1.44. The third kappa shape index (κ3) is 2.64. The molecule has 108 valence electrons. The molecule has 2 aliphatic heterocycles. The van der Waals surface area contributed by atoms with Crippen molar-refractivity contribution >= 4 is 22.6 Å². The van der Waals surface area contributed by atoms with Gasteiger partial charge in [-0.05, 0) is 12.8 Å². The van der Waals surface area contributed by atoms with Crippen LogP contribution in [0.4, 0.5) is 18.9 Å². The summed E-state index contributed by atoms with van der Waals surface area (Å²) in [4.78, 5) is 4.55. The third-order valence-electron chi connectivity index (χ3n) is 3.47. The Morgan fingerprint density at radius 3 is 2.70 bits per heavy atom. The quantitative estimate of drug-likeness (QED) is 0.809. The monoisotopic (exact) mass is 302 g/mol. The summed E-state index contributed by atoms with van der Waals surface area (Å²) >= 11 is 1.43. The van der Waals surface area contributed by atoms with Crippen molar-refractivity contribution < 1.29 is 17.9 Å². The van der Waals surface area contributed by atoms with Gasteiger partial charge in [-0.25, -0.2) is 13.2 Å². The Balaban J connectivity index is 1.80. The summed E-state index contributed by atoms with van der Waals surface area (Å²) < 4.78 is 45.1. The Hall–Kier alpha value is -1.21. The summed E-state index contributed by atoms with van der Waals surface area (Å²) in [6.45, 7) is 1.31. The van der Waals surface area contributed by atoms with E-state index < -0.39 is 17.5 Å². The number of halogens is 3. The van der Waals surface area contributed by atoms with E-state index in [0.717, 1.165) is 24.7 Å². The average molecular weight is 302 g/mol. The molecule has 0 saturated carbocycles. The molecule has 0 unspecified atom stereocenters. The lowest BCUT2D eigenvalue weighted by atomic mass is 9.93. The van der Waals surface area contributed by atoms with Gasteiger partial charge in [0.25, 0.3) is 0 Å². The Bertz CT molecular complexity index is 559. The minimum Gasteiger partial charge on any atom is -0.381 e. The highest BCUT2D eigenvalue weighted by atomic mass is 32.2. The number of benzene rings is 1. The van der Waals surface area contributed by atoms with Crippen molar-refractivity contribution in [2.45, 2.75) is 18.4 Å². The van der Waals surface area contributed by atoms with Crippen molar-refractivity contribution in [3.63, 3.8) is 0 Å². The second kappa shape index (κ2) is 5.29. The smallest absolute Gasteiger partial charge is 0.182 e. The Morgan fingerprint density at radius 1 is 1.20 bits per heavy atom. The molecule has 0 aromatic heterocycles. The van der Waals surface area contributed by atoms with E-state index in [0.29, 0.717) is 24.4 Å². The van der Waals surface area contributed by atoms with Crippen molar-refractivity contribution in [2.24, 2.45) is 4.99 Å². The molecule has 0 atom stereocenters. The van der Waals surface area contributed by atoms with E-state index in [9.17, 15) is 13.2 Å². The van der Waals surface area contributed by atoms with Crippen LogP contribution in [-0.4, -0.2) is 29.7 Å². The van der Waals surface area contributed by atoms with Gasteiger partial charge < -0.3 is 10.1 Å². The van der Waals surface area contributed by atoms with Gasteiger partial charge in [0.05, 0.1) is 11.2 Å². The molecule has 2 aliphatic rings. The van der Waals surface area contributed by atoms with E-state index in [1.165, 1.54) is 11.8 Å². The molecule has 1 aromatic rings. The van der Waals surface area contributed by atoms with Crippen LogP contribution in [0.1, 0.15) is 12.8 Å². The van der Waals surface area contributed by atoms with E-state index in [1.807, 2.05) is 0 Å². The number of amidine groups is 1. The highest BCUT2D eigenvalue weighted by Gasteiger charge is 2.37. The maximum Gasteiger partial charge on any atom is 0.182 e. The van der Waals surface area contributed by atoms with Gasteiger partial charge in [0.1, 0.15) is 5.82 Å². The lowest BCUT2D eigenvalue weighted by Crippen LogP contribution is -2.34. The number of hydrogen-bond donors (Lipinski definition) is 1. The van der Waals surface area contributed by atoms with Crippen molar-refractivity contribution in [2.75, 3.05) is 24.3 Å². The number of rotatable bonds is 1. The fourth-order valence-corrected chi connectivity index (χ4v) is 3.52. The number of nitrogens with zero attached hydrogens (tertiary/aromatic N) is 1. The molecule has 1 N–H and O–H groups in total. The SMILES string of the molecule is Fc1cc(F)c(F)c(NC2=NC3(CCOCC3)CS2)c1. The zero-order chi connectivity index (χ0) is 14.2. The van der Waals surface area contributed by atoms with Crippen LogP contribution in [-0.2, 0) is 4.74 Å². The molecule has 0 bridgehead atoms. The maximum absolute atomic E-state index is 13.6. The van der Waals surface area contributed by atoms with Crippen LogP contribution in [0.15, 0.2) is 17.1 Å². The van der Waals surface area contributed by atoms with Crippen LogP contribution in [0.2, 0.25) is 0 Å². The Morgan fingerprint density at radius 2 is 1.95 bits per heavy atom. The lowest BCUT2D eigenvalue weighted by Gasteiger charge is -2.29. The highest BCUT2D eigenvalue weighted by molar-refractivity contribution is 8.14. The Labute approximate surface area is 118 Å². The average Bonchev–Trinajstić information content (AvgIpc) is 2.79. The molecule has 3 nitrogen and oxygen atoms in total. The molecule has 1 saturated heterocycles. The molecule has 0 amide bonds.